The van der Waals surface area contributed by atoms with Crippen molar-refractivity contribution in [2.24, 2.45) is 7.05 Å². The smallest absolute Gasteiger partial charge is 0.410 e. The lowest BCUT2D eigenvalue weighted by atomic mass is 10.1. The molecule has 0 saturated carbocycles. The Morgan fingerprint density at radius 1 is 1.35 bits per heavy atom. The minimum Gasteiger partial charge on any atom is -0.444 e. The van der Waals surface area contributed by atoms with Crippen molar-refractivity contribution >= 4 is 22.7 Å². The zero-order valence-corrected chi connectivity index (χ0v) is 14.0. The van der Waals surface area contributed by atoms with Crippen LogP contribution in [0.1, 0.15) is 33.0 Å². The van der Waals surface area contributed by atoms with E-state index in [1.807, 2.05) is 56.9 Å². The molecule has 2 aromatic rings. The summed E-state index contributed by atoms with van der Waals surface area (Å²) in [4.78, 5) is 22.9. The van der Waals surface area contributed by atoms with Crippen LogP contribution in [-0.2, 0) is 11.8 Å². The van der Waals surface area contributed by atoms with Gasteiger partial charge in [-0.25, -0.2) is 14.8 Å². The fraction of sp³-hybridized carbons (Fsp3) is 0.471. The highest BCUT2D eigenvalue weighted by atomic mass is 16.6. The number of aryl methyl sites for hydroxylation is 1. The molecule has 6 heteroatoms. The number of aromatic nitrogens is 3. The van der Waals surface area contributed by atoms with E-state index in [0.717, 1.165) is 28.9 Å². The van der Waals surface area contributed by atoms with Crippen LogP contribution in [0.15, 0.2) is 24.5 Å². The van der Waals surface area contributed by atoms with Gasteiger partial charge in [-0.3, -0.25) is 0 Å². The first-order chi connectivity index (χ1) is 10.8. The molecule has 1 aliphatic rings. The van der Waals surface area contributed by atoms with Crippen molar-refractivity contribution in [2.75, 3.05) is 13.1 Å². The van der Waals surface area contributed by atoms with E-state index in [9.17, 15) is 4.79 Å². The molecule has 122 valence electrons. The molecular weight excluding hydrogens is 292 g/mol. The molecule has 0 aromatic carbocycles. The van der Waals surface area contributed by atoms with Crippen LogP contribution in [0.25, 0.3) is 16.6 Å². The Labute approximate surface area is 135 Å². The van der Waals surface area contributed by atoms with Crippen LogP contribution in [0.5, 0.6) is 0 Å². The van der Waals surface area contributed by atoms with Crippen molar-refractivity contribution in [3.63, 3.8) is 0 Å². The summed E-state index contributed by atoms with van der Waals surface area (Å²) in [5, 5.41) is 0. The first-order valence-electron chi connectivity index (χ1n) is 7.79. The molecule has 0 radical (unpaired) electrons. The average molecular weight is 314 g/mol. The van der Waals surface area contributed by atoms with Crippen LogP contribution in [0.4, 0.5) is 4.79 Å². The number of hydrogen-bond donors (Lipinski definition) is 0. The van der Waals surface area contributed by atoms with Gasteiger partial charge in [0, 0.05) is 26.3 Å². The van der Waals surface area contributed by atoms with Crippen LogP contribution in [-0.4, -0.2) is 44.2 Å². The van der Waals surface area contributed by atoms with Crippen molar-refractivity contribution in [3.05, 3.63) is 30.4 Å². The second-order valence-electron chi connectivity index (χ2n) is 6.80. The molecule has 0 bridgehead atoms. The number of carbonyl (C=O) groups excluding carboxylic acids is 1. The van der Waals surface area contributed by atoms with Gasteiger partial charge in [-0.05, 0) is 38.8 Å². The summed E-state index contributed by atoms with van der Waals surface area (Å²) in [6.07, 6.45) is 6.29. The van der Waals surface area contributed by atoms with Crippen LogP contribution < -0.4 is 0 Å². The Balaban J connectivity index is 1.74. The third-order valence-electron chi connectivity index (χ3n) is 3.78. The predicted molar refractivity (Wildman–Crippen MR) is 88.9 cm³/mol. The van der Waals surface area contributed by atoms with E-state index in [-0.39, 0.29) is 6.09 Å². The van der Waals surface area contributed by atoms with E-state index in [1.165, 1.54) is 0 Å². The Bertz CT molecular complexity index is 770. The van der Waals surface area contributed by atoms with Crippen LogP contribution >= 0.6 is 0 Å². The quantitative estimate of drug-likeness (QED) is 0.812. The largest absolute Gasteiger partial charge is 0.444 e. The second kappa shape index (κ2) is 5.68. The number of hydrogen-bond acceptors (Lipinski definition) is 4. The van der Waals surface area contributed by atoms with Gasteiger partial charge in [0.25, 0.3) is 0 Å². The van der Waals surface area contributed by atoms with Crippen LogP contribution in [0.3, 0.4) is 0 Å². The Morgan fingerprint density at radius 2 is 2.13 bits per heavy atom. The monoisotopic (exact) mass is 314 g/mol. The summed E-state index contributed by atoms with van der Waals surface area (Å²) < 4.78 is 7.40. The highest BCUT2D eigenvalue weighted by Gasteiger charge is 2.24. The maximum Gasteiger partial charge on any atom is 0.410 e. The van der Waals surface area contributed by atoms with Gasteiger partial charge in [0.2, 0.25) is 0 Å². The third-order valence-corrected chi connectivity index (χ3v) is 3.78. The van der Waals surface area contributed by atoms with Gasteiger partial charge in [0.15, 0.2) is 5.82 Å². The Morgan fingerprint density at radius 3 is 2.78 bits per heavy atom. The minimum atomic E-state index is -0.470. The number of rotatable bonds is 1. The molecule has 2 aromatic heterocycles. The number of ether oxygens (including phenoxy) is 1. The molecule has 3 rings (SSSR count). The van der Waals surface area contributed by atoms with Crippen molar-refractivity contribution in [1.29, 1.82) is 0 Å². The lowest BCUT2D eigenvalue weighted by molar-refractivity contribution is 0.0270. The van der Waals surface area contributed by atoms with Gasteiger partial charge >= 0.3 is 6.09 Å². The first-order valence-corrected chi connectivity index (χ1v) is 7.79. The topological polar surface area (TPSA) is 60.2 Å². The number of nitrogens with zero attached hydrogens (tertiary/aromatic N) is 4. The van der Waals surface area contributed by atoms with Gasteiger partial charge in [-0.2, -0.15) is 0 Å². The molecule has 1 amide bonds. The number of amides is 1. The summed E-state index contributed by atoms with van der Waals surface area (Å²) in [7, 11) is 1.98. The molecule has 0 fully saturated rings. The lowest BCUT2D eigenvalue weighted by Gasteiger charge is -2.29. The fourth-order valence-electron chi connectivity index (χ4n) is 2.57. The highest BCUT2D eigenvalue weighted by molar-refractivity contribution is 5.77. The lowest BCUT2D eigenvalue weighted by Crippen LogP contribution is -2.39. The molecule has 0 saturated heterocycles. The Hall–Kier alpha value is -2.37. The minimum absolute atomic E-state index is 0.271. The van der Waals surface area contributed by atoms with Crippen molar-refractivity contribution < 1.29 is 9.53 Å². The molecule has 1 aliphatic heterocycles. The summed E-state index contributed by atoms with van der Waals surface area (Å²) in [5.74, 6) is 0.743. The summed E-state index contributed by atoms with van der Waals surface area (Å²) in [6, 6.07) is 1.98. The zero-order valence-electron chi connectivity index (χ0n) is 14.0. The van der Waals surface area contributed by atoms with Gasteiger partial charge in [-0.1, -0.05) is 6.08 Å². The molecule has 0 atom stereocenters. The molecule has 23 heavy (non-hydrogen) atoms. The number of carbonyl (C=O) groups is 1. The Kier molecular flexibility index (Phi) is 3.83. The molecule has 0 unspecified atom stereocenters. The zero-order chi connectivity index (χ0) is 16.6. The molecular formula is C17H22N4O2. The summed E-state index contributed by atoms with van der Waals surface area (Å²) in [6.45, 7) is 6.77. The van der Waals surface area contributed by atoms with E-state index < -0.39 is 5.60 Å². The normalized spacial score (nSPS) is 15.7. The van der Waals surface area contributed by atoms with Crippen LogP contribution in [0, 0.1) is 0 Å². The van der Waals surface area contributed by atoms with Crippen molar-refractivity contribution in [3.8, 4) is 0 Å². The predicted octanol–water partition coefficient (Wildman–Crippen LogP) is 2.99. The maximum absolute atomic E-state index is 12.1. The first kappa shape index (κ1) is 15.5. The van der Waals surface area contributed by atoms with Gasteiger partial charge in [0.05, 0.1) is 17.2 Å². The third kappa shape index (κ3) is 3.36. The average Bonchev–Trinajstić information content (AvgIpc) is 2.87. The van der Waals surface area contributed by atoms with E-state index in [2.05, 4.69) is 9.97 Å². The summed E-state index contributed by atoms with van der Waals surface area (Å²) >= 11 is 0. The van der Waals surface area contributed by atoms with E-state index in [1.54, 1.807) is 4.90 Å². The summed E-state index contributed by atoms with van der Waals surface area (Å²) in [5.41, 5.74) is 2.56. The SMILES string of the molecule is Cn1ccc2nc(C3=CCN(C(=O)OC(C)(C)C)CC3)ncc21. The van der Waals surface area contributed by atoms with Gasteiger partial charge < -0.3 is 14.2 Å². The number of fused-ring (bicyclic) bond motifs is 1. The standard InChI is InChI=1S/C17H22N4O2/c1-17(2,3)23-16(22)21-9-5-12(6-10-21)15-18-11-14-13(19-15)7-8-20(14)4/h5,7-8,11H,6,9-10H2,1-4H3. The van der Waals surface area contributed by atoms with Crippen molar-refractivity contribution in [2.45, 2.75) is 32.8 Å². The van der Waals surface area contributed by atoms with E-state index >= 15 is 0 Å². The molecule has 0 N–H and O–H groups in total. The van der Waals surface area contributed by atoms with E-state index in [4.69, 9.17) is 4.74 Å². The van der Waals surface area contributed by atoms with Gasteiger partial charge in [0.1, 0.15) is 5.60 Å². The molecule has 0 aliphatic carbocycles. The van der Waals surface area contributed by atoms with Crippen LogP contribution in [0.2, 0.25) is 0 Å². The second-order valence-corrected chi connectivity index (χ2v) is 6.80. The van der Waals surface area contributed by atoms with Crippen molar-refractivity contribution in [1.82, 2.24) is 19.4 Å². The fourth-order valence-corrected chi connectivity index (χ4v) is 2.57. The molecule has 6 nitrogen and oxygen atoms in total. The molecule has 0 spiro atoms. The van der Waals surface area contributed by atoms with E-state index in [0.29, 0.717) is 13.1 Å². The molecule has 3 heterocycles. The highest BCUT2D eigenvalue weighted by Crippen LogP contribution is 2.22. The van der Waals surface area contributed by atoms with Gasteiger partial charge in [-0.15, -0.1) is 0 Å². The maximum atomic E-state index is 12.1.